The van der Waals surface area contributed by atoms with Gasteiger partial charge in [-0.2, -0.15) is 10.1 Å². The monoisotopic (exact) mass is 372 g/mol. The SMILES string of the molecule is COCCn1c(=NC(=O)c2cc(C)nn2C(C)C)sc2cc(C)ccc21. The van der Waals surface area contributed by atoms with Crippen LogP contribution in [0.1, 0.15) is 41.6 Å². The van der Waals surface area contributed by atoms with Gasteiger partial charge in [-0.05, 0) is 51.5 Å². The van der Waals surface area contributed by atoms with Crippen LogP contribution in [0.25, 0.3) is 10.2 Å². The highest BCUT2D eigenvalue weighted by molar-refractivity contribution is 7.16. The Kier molecular flexibility index (Phi) is 5.38. The first-order valence-corrected chi connectivity index (χ1v) is 9.46. The van der Waals surface area contributed by atoms with E-state index in [0.29, 0.717) is 23.6 Å². The van der Waals surface area contributed by atoms with Gasteiger partial charge in [0.2, 0.25) is 0 Å². The normalized spacial score (nSPS) is 12.5. The zero-order chi connectivity index (χ0) is 18.8. The molecule has 7 heteroatoms. The van der Waals surface area contributed by atoms with Crippen LogP contribution in [0, 0.1) is 13.8 Å². The van der Waals surface area contributed by atoms with Gasteiger partial charge in [0.15, 0.2) is 4.80 Å². The van der Waals surface area contributed by atoms with Gasteiger partial charge in [0.05, 0.1) is 22.5 Å². The van der Waals surface area contributed by atoms with Crippen molar-refractivity contribution in [3.63, 3.8) is 0 Å². The number of amides is 1. The Bertz CT molecular complexity index is 1010. The minimum absolute atomic E-state index is 0.100. The van der Waals surface area contributed by atoms with Crippen molar-refractivity contribution in [3.8, 4) is 0 Å². The topological polar surface area (TPSA) is 61.4 Å². The lowest BCUT2D eigenvalue weighted by molar-refractivity contribution is 0.0985. The Hall–Kier alpha value is -2.25. The number of aromatic nitrogens is 3. The largest absolute Gasteiger partial charge is 0.383 e. The molecule has 2 aromatic heterocycles. The van der Waals surface area contributed by atoms with Crippen LogP contribution < -0.4 is 4.80 Å². The fourth-order valence-corrected chi connectivity index (χ4v) is 4.03. The van der Waals surface area contributed by atoms with Crippen LogP contribution in [-0.4, -0.2) is 34.0 Å². The van der Waals surface area contributed by atoms with Gasteiger partial charge in [0, 0.05) is 19.7 Å². The zero-order valence-electron chi connectivity index (χ0n) is 15.8. The van der Waals surface area contributed by atoms with Crippen molar-refractivity contribution in [2.75, 3.05) is 13.7 Å². The summed E-state index contributed by atoms with van der Waals surface area (Å²) in [5.74, 6) is -0.270. The number of nitrogens with zero attached hydrogens (tertiary/aromatic N) is 4. The molecule has 26 heavy (non-hydrogen) atoms. The van der Waals surface area contributed by atoms with Gasteiger partial charge in [0.25, 0.3) is 5.91 Å². The highest BCUT2D eigenvalue weighted by atomic mass is 32.1. The summed E-state index contributed by atoms with van der Waals surface area (Å²) in [7, 11) is 1.67. The van der Waals surface area contributed by atoms with Crippen molar-refractivity contribution >= 4 is 27.5 Å². The number of thiazole rings is 1. The van der Waals surface area contributed by atoms with Crippen molar-refractivity contribution < 1.29 is 9.53 Å². The van der Waals surface area contributed by atoms with E-state index in [1.54, 1.807) is 17.9 Å². The number of carbonyl (C=O) groups is 1. The first kappa shape index (κ1) is 18.5. The lowest BCUT2D eigenvalue weighted by Crippen LogP contribution is -2.20. The van der Waals surface area contributed by atoms with Crippen LogP contribution in [0.3, 0.4) is 0 Å². The van der Waals surface area contributed by atoms with Crippen LogP contribution in [0.15, 0.2) is 29.3 Å². The predicted molar refractivity (Wildman–Crippen MR) is 104 cm³/mol. The van der Waals surface area contributed by atoms with Gasteiger partial charge in [-0.15, -0.1) is 0 Å². The first-order chi connectivity index (χ1) is 12.4. The summed E-state index contributed by atoms with van der Waals surface area (Å²) in [6.07, 6.45) is 0. The van der Waals surface area contributed by atoms with E-state index in [1.165, 1.54) is 16.9 Å². The molecule has 6 nitrogen and oxygen atoms in total. The molecule has 0 fully saturated rings. The molecular weight excluding hydrogens is 348 g/mol. The van der Waals surface area contributed by atoms with Gasteiger partial charge in [-0.25, -0.2) is 0 Å². The van der Waals surface area contributed by atoms with Crippen LogP contribution in [0.2, 0.25) is 0 Å². The molecule has 0 saturated carbocycles. The van der Waals surface area contributed by atoms with Crippen LogP contribution >= 0.6 is 11.3 Å². The fourth-order valence-electron chi connectivity index (χ4n) is 2.88. The second kappa shape index (κ2) is 7.55. The third kappa shape index (κ3) is 3.64. The highest BCUT2D eigenvalue weighted by Crippen LogP contribution is 2.19. The summed E-state index contributed by atoms with van der Waals surface area (Å²) in [5, 5.41) is 4.41. The van der Waals surface area contributed by atoms with Crippen molar-refractivity contribution in [2.45, 2.75) is 40.3 Å². The molecule has 3 aromatic rings. The zero-order valence-corrected chi connectivity index (χ0v) is 16.6. The van der Waals surface area contributed by atoms with E-state index in [2.05, 4.69) is 35.2 Å². The number of rotatable bonds is 5. The lowest BCUT2D eigenvalue weighted by atomic mass is 10.2. The molecule has 1 aromatic carbocycles. The Morgan fingerprint density at radius 3 is 2.77 bits per heavy atom. The molecule has 0 saturated heterocycles. The second-order valence-electron chi connectivity index (χ2n) is 6.63. The van der Waals surface area contributed by atoms with E-state index in [-0.39, 0.29) is 11.9 Å². The van der Waals surface area contributed by atoms with Crippen LogP contribution in [0.4, 0.5) is 0 Å². The molecule has 0 unspecified atom stereocenters. The van der Waals surface area contributed by atoms with Gasteiger partial charge >= 0.3 is 0 Å². The average Bonchev–Trinajstić information content (AvgIpc) is 3.13. The summed E-state index contributed by atoms with van der Waals surface area (Å²) >= 11 is 1.52. The van der Waals surface area contributed by atoms with Crippen LogP contribution in [0.5, 0.6) is 0 Å². The van der Waals surface area contributed by atoms with Crippen molar-refractivity contribution in [3.05, 3.63) is 46.0 Å². The lowest BCUT2D eigenvalue weighted by Gasteiger charge is -2.08. The minimum Gasteiger partial charge on any atom is -0.383 e. The van der Waals surface area contributed by atoms with E-state index in [4.69, 9.17) is 4.74 Å². The average molecular weight is 372 g/mol. The molecule has 1 amide bonds. The third-order valence-corrected chi connectivity index (χ3v) is 5.16. The van der Waals surface area contributed by atoms with E-state index in [0.717, 1.165) is 15.9 Å². The van der Waals surface area contributed by atoms with Crippen LogP contribution in [-0.2, 0) is 11.3 Å². The quantitative estimate of drug-likeness (QED) is 0.689. The predicted octanol–water partition coefficient (Wildman–Crippen LogP) is 3.48. The fraction of sp³-hybridized carbons (Fsp3) is 0.421. The first-order valence-electron chi connectivity index (χ1n) is 8.65. The maximum Gasteiger partial charge on any atom is 0.297 e. The molecular formula is C19H24N4O2S. The molecule has 138 valence electrons. The molecule has 3 rings (SSSR count). The number of fused-ring (bicyclic) bond motifs is 1. The number of methoxy groups -OCH3 is 1. The number of carbonyl (C=O) groups excluding carboxylic acids is 1. The Morgan fingerprint density at radius 1 is 1.31 bits per heavy atom. The van der Waals surface area contributed by atoms with E-state index >= 15 is 0 Å². The second-order valence-corrected chi connectivity index (χ2v) is 7.64. The maximum atomic E-state index is 12.9. The number of hydrogen-bond acceptors (Lipinski definition) is 4. The Labute approximate surface area is 156 Å². The van der Waals surface area contributed by atoms with Crippen molar-refractivity contribution in [2.24, 2.45) is 4.99 Å². The smallest absolute Gasteiger partial charge is 0.297 e. The van der Waals surface area contributed by atoms with Gasteiger partial charge < -0.3 is 9.30 Å². The number of aryl methyl sites for hydroxylation is 2. The number of hydrogen-bond donors (Lipinski definition) is 0. The molecule has 0 aliphatic rings. The standard InChI is InChI=1S/C19H24N4O2S/c1-12(2)23-16(11-14(4)21-23)18(24)20-19-22(8-9-25-5)15-7-6-13(3)10-17(15)26-19/h6-7,10-12H,8-9H2,1-5H3. The summed E-state index contributed by atoms with van der Waals surface area (Å²) in [6.45, 7) is 9.16. The highest BCUT2D eigenvalue weighted by Gasteiger charge is 2.16. The van der Waals surface area contributed by atoms with Gasteiger partial charge in [-0.1, -0.05) is 17.4 Å². The van der Waals surface area contributed by atoms with E-state index < -0.39 is 0 Å². The molecule has 0 radical (unpaired) electrons. The molecule has 0 bridgehead atoms. The number of ether oxygens (including phenoxy) is 1. The summed E-state index contributed by atoms with van der Waals surface area (Å²) in [6, 6.07) is 8.16. The molecule has 2 heterocycles. The maximum absolute atomic E-state index is 12.9. The van der Waals surface area contributed by atoms with Gasteiger partial charge in [-0.3, -0.25) is 9.48 Å². The summed E-state index contributed by atoms with van der Waals surface area (Å²) in [5.41, 5.74) is 3.59. The van der Waals surface area contributed by atoms with Crippen molar-refractivity contribution in [1.29, 1.82) is 0 Å². The van der Waals surface area contributed by atoms with Crippen molar-refractivity contribution in [1.82, 2.24) is 14.3 Å². The molecule has 0 spiro atoms. The summed E-state index contributed by atoms with van der Waals surface area (Å²) < 4.78 is 10.1. The van der Waals surface area contributed by atoms with Gasteiger partial charge in [0.1, 0.15) is 5.69 Å². The third-order valence-electron chi connectivity index (χ3n) is 4.12. The van der Waals surface area contributed by atoms with E-state index in [1.807, 2.05) is 25.3 Å². The summed E-state index contributed by atoms with van der Waals surface area (Å²) in [4.78, 5) is 18.0. The Morgan fingerprint density at radius 2 is 2.08 bits per heavy atom. The number of benzene rings is 1. The van der Waals surface area contributed by atoms with E-state index in [9.17, 15) is 4.79 Å². The minimum atomic E-state index is -0.270. The molecule has 0 atom stereocenters. The molecule has 0 aliphatic carbocycles. The molecule has 0 N–H and O–H groups in total. The Balaban J connectivity index is 2.12. The molecule has 0 aliphatic heterocycles.